The molecule has 0 radical (unpaired) electrons. The van der Waals surface area contributed by atoms with Crippen molar-refractivity contribution in [3.05, 3.63) is 22.6 Å². The largest absolute Gasteiger partial charge is 0.370 e. The molecule has 90 valence electrons. The van der Waals surface area contributed by atoms with E-state index in [2.05, 4.69) is 9.99 Å². The molecule has 1 aromatic rings. The molecule has 0 fully saturated rings. The lowest BCUT2D eigenvalue weighted by molar-refractivity contribution is -0.136. The zero-order chi connectivity index (χ0) is 12.4. The van der Waals surface area contributed by atoms with Crippen molar-refractivity contribution in [2.75, 3.05) is 24.9 Å². The normalized spacial score (nSPS) is 17.2. The Labute approximate surface area is 108 Å². The van der Waals surface area contributed by atoms with E-state index in [9.17, 15) is 4.79 Å². The summed E-state index contributed by atoms with van der Waals surface area (Å²) in [6.45, 7) is 0. The summed E-state index contributed by atoms with van der Waals surface area (Å²) in [5, 5.41) is 4.73. The van der Waals surface area contributed by atoms with Crippen molar-refractivity contribution in [1.29, 1.82) is 0 Å². The summed E-state index contributed by atoms with van der Waals surface area (Å²) in [6, 6.07) is 3.94. The van der Waals surface area contributed by atoms with Crippen LogP contribution in [0.1, 0.15) is 4.88 Å². The van der Waals surface area contributed by atoms with E-state index in [0.717, 1.165) is 9.88 Å². The van der Waals surface area contributed by atoms with Gasteiger partial charge in [0.05, 0.1) is 16.5 Å². The fourth-order valence-corrected chi connectivity index (χ4v) is 2.42. The number of thiophene rings is 1. The van der Waals surface area contributed by atoms with Crippen LogP contribution >= 0.6 is 22.9 Å². The van der Waals surface area contributed by atoms with Gasteiger partial charge in [-0.3, -0.25) is 0 Å². The molecular weight excluding hydrogens is 260 g/mol. The highest BCUT2D eigenvalue weighted by atomic mass is 35.5. The third-order valence-corrected chi connectivity index (χ3v) is 3.69. The van der Waals surface area contributed by atoms with Crippen LogP contribution in [0.3, 0.4) is 0 Å². The van der Waals surface area contributed by atoms with Crippen molar-refractivity contribution >= 4 is 45.7 Å². The molecule has 2 heterocycles. The lowest BCUT2D eigenvalue weighted by Gasteiger charge is -2.06. The Kier molecular flexibility index (Phi) is 3.49. The maximum Gasteiger partial charge on any atom is 0.367 e. The van der Waals surface area contributed by atoms with E-state index in [1.54, 1.807) is 17.4 Å². The Hall–Kier alpha value is -1.33. The number of hydrogen-bond donors (Lipinski definition) is 0. The summed E-state index contributed by atoms with van der Waals surface area (Å²) >= 11 is 7.27. The van der Waals surface area contributed by atoms with Crippen LogP contribution in [0.5, 0.6) is 0 Å². The SMILES string of the molecule is CN(C)c1ccc(C=C2C(=O)ON=C2CCl)s1. The van der Waals surface area contributed by atoms with Gasteiger partial charge in [-0.05, 0) is 18.2 Å². The third kappa shape index (κ3) is 2.50. The van der Waals surface area contributed by atoms with Crippen LogP contribution in [0.2, 0.25) is 0 Å². The van der Waals surface area contributed by atoms with E-state index >= 15 is 0 Å². The number of anilines is 1. The first kappa shape index (κ1) is 12.1. The van der Waals surface area contributed by atoms with Gasteiger partial charge in [-0.2, -0.15) is 0 Å². The molecule has 0 atom stereocenters. The van der Waals surface area contributed by atoms with Crippen LogP contribution in [0, 0.1) is 0 Å². The minimum atomic E-state index is -0.444. The van der Waals surface area contributed by atoms with Gasteiger partial charge in [-0.1, -0.05) is 5.16 Å². The smallest absolute Gasteiger partial charge is 0.367 e. The Morgan fingerprint density at radius 3 is 2.88 bits per heavy atom. The summed E-state index contributed by atoms with van der Waals surface area (Å²) in [5.74, 6) is -0.274. The van der Waals surface area contributed by atoms with E-state index in [1.165, 1.54) is 0 Å². The number of nitrogens with zero attached hydrogens (tertiary/aromatic N) is 2. The van der Waals surface area contributed by atoms with E-state index < -0.39 is 5.97 Å². The number of carbonyl (C=O) groups is 1. The predicted molar refractivity (Wildman–Crippen MR) is 70.9 cm³/mol. The van der Waals surface area contributed by atoms with Crippen molar-refractivity contribution in [2.45, 2.75) is 0 Å². The topological polar surface area (TPSA) is 41.9 Å². The van der Waals surface area contributed by atoms with Crippen LogP contribution in [0.25, 0.3) is 6.08 Å². The average Bonchev–Trinajstić information content (AvgIpc) is 2.88. The molecule has 0 bridgehead atoms. The molecule has 0 N–H and O–H groups in total. The van der Waals surface area contributed by atoms with Gasteiger partial charge in [0, 0.05) is 19.0 Å². The standard InChI is InChI=1S/C11H11ClN2O2S/c1-14(2)10-4-3-7(17-10)5-8-9(6-12)13-16-11(8)15/h3-5H,6H2,1-2H3. The van der Waals surface area contributed by atoms with Gasteiger partial charge in [0.15, 0.2) is 0 Å². The molecule has 0 aromatic carbocycles. The molecule has 0 amide bonds. The number of hydrogen-bond acceptors (Lipinski definition) is 5. The summed E-state index contributed by atoms with van der Waals surface area (Å²) in [4.78, 5) is 19.0. The van der Waals surface area contributed by atoms with E-state index in [1.807, 2.05) is 31.1 Å². The van der Waals surface area contributed by atoms with Crippen molar-refractivity contribution in [1.82, 2.24) is 0 Å². The van der Waals surface area contributed by atoms with Gasteiger partial charge >= 0.3 is 5.97 Å². The van der Waals surface area contributed by atoms with E-state index in [4.69, 9.17) is 11.6 Å². The van der Waals surface area contributed by atoms with Gasteiger partial charge in [0.2, 0.25) is 0 Å². The molecule has 1 aromatic heterocycles. The van der Waals surface area contributed by atoms with Crippen molar-refractivity contribution in [2.24, 2.45) is 5.16 Å². The number of rotatable bonds is 3. The molecule has 0 saturated carbocycles. The van der Waals surface area contributed by atoms with Gasteiger partial charge in [0.1, 0.15) is 5.71 Å². The molecule has 1 aliphatic heterocycles. The molecule has 2 rings (SSSR count). The molecule has 0 unspecified atom stereocenters. The van der Waals surface area contributed by atoms with Gasteiger partial charge in [-0.25, -0.2) is 4.79 Å². The maximum atomic E-state index is 11.4. The number of carbonyl (C=O) groups excluding carboxylic acids is 1. The number of alkyl halides is 1. The zero-order valence-electron chi connectivity index (χ0n) is 9.44. The van der Waals surface area contributed by atoms with Crippen LogP contribution < -0.4 is 4.90 Å². The minimum absolute atomic E-state index is 0.170. The Bertz CT molecular complexity index is 505. The van der Waals surface area contributed by atoms with Crippen molar-refractivity contribution in [3.63, 3.8) is 0 Å². The molecule has 17 heavy (non-hydrogen) atoms. The first-order valence-electron chi connectivity index (χ1n) is 4.95. The zero-order valence-corrected chi connectivity index (χ0v) is 11.0. The van der Waals surface area contributed by atoms with Gasteiger partial charge in [-0.15, -0.1) is 22.9 Å². The lowest BCUT2D eigenvalue weighted by Crippen LogP contribution is -2.06. The van der Waals surface area contributed by atoms with Crippen molar-refractivity contribution in [3.8, 4) is 0 Å². The molecule has 0 spiro atoms. The van der Waals surface area contributed by atoms with E-state index in [0.29, 0.717) is 11.3 Å². The summed E-state index contributed by atoms with van der Waals surface area (Å²) in [7, 11) is 3.94. The summed E-state index contributed by atoms with van der Waals surface area (Å²) in [5.41, 5.74) is 0.920. The third-order valence-electron chi connectivity index (χ3n) is 2.24. The molecule has 1 aliphatic rings. The Morgan fingerprint density at radius 1 is 1.53 bits per heavy atom. The highest BCUT2D eigenvalue weighted by molar-refractivity contribution is 7.17. The first-order valence-corrected chi connectivity index (χ1v) is 6.30. The fourth-order valence-electron chi connectivity index (χ4n) is 1.35. The molecule has 4 nitrogen and oxygen atoms in total. The fraction of sp³-hybridized carbons (Fsp3) is 0.273. The lowest BCUT2D eigenvalue weighted by atomic mass is 10.1. The highest BCUT2D eigenvalue weighted by Gasteiger charge is 2.24. The van der Waals surface area contributed by atoms with Crippen LogP contribution in [0.4, 0.5) is 5.00 Å². The quantitative estimate of drug-likeness (QED) is 0.481. The monoisotopic (exact) mass is 270 g/mol. The second-order valence-electron chi connectivity index (χ2n) is 3.68. The molecule has 0 saturated heterocycles. The van der Waals surface area contributed by atoms with Crippen LogP contribution in [-0.2, 0) is 9.63 Å². The van der Waals surface area contributed by atoms with Crippen LogP contribution in [-0.4, -0.2) is 31.7 Å². The molecule has 6 heteroatoms. The maximum absolute atomic E-state index is 11.4. The number of oxime groups is 1. The Morgan fingerprint density at radius 2 is 2.29 bits per heavy atom. The first-order chi connectivity index (χ1) is 8.11. The number of halogens is 1. The molecule has 0 aliphatic carbocycles. The van der Waals surface area contributed by atoms with Crippen LogP contribution in [0.15, 0.2) is 22.9 Å². The molecular formula is C11H11ClN2O2S. The van der Waals surface area contributed by atoms with Gasteiger partial charge < -0.3 is 9.74 Å². The predicted octanol–water partition coefficient (Wildman–Crippen LogP) is 2.35. The van der Waals surface area contributed by atoms with E-state index in [-0.39, 0.29) is 5.88 Å². The highest BCUT2D eigenvalue weighted by Crippen LogP contribution is 2.27. The average molecular weight is 271 g/mol. The second-order valence-corrected chi connectivity index (χ2v) is 5.04. The van der Waals surface area contributed by atoms with Gasteiger partial charge in [0.25, 0.3) is 0 Å². The second kappa shape index (κ2) is 4.89. The Balaban J connectivity index is 2.28. The minimum Gasteiger partial charge on any atom is -0.370 e. The van der Waals surface area contributed by atoms with Crippen molar-refractivity contribution < 1.29 is 9.63 Å². The summed E-state index contributed by atoms with van der Waals surface area (Å²) in [6.07, 6.45) is 1.76. The summed E-state index contributed by atoms with van der Waals surface area (Å²) < 4.78 is 0.